The molecule has 22 heavy (non-hydrogen) atoms. The Balaban J connectivity index is 1.70. The van der Waals surface area contributed by atoms with Gasteiger partial charge in [-0.15, -0.1) is 0 Å². The molecule has 0 bridgehead atoms. The van der Waals surface area contributed by atoms with Crippen LogP contribution in [0.15, 0.2) is 34.9 Å². The highest BCUT2D eigenvalue weighted by Crippen LogP contribution is 2.11. The van der Waals surface area contributed by atoms with Crippen molar-refractivity contribution < 1.29 is 28.0 Å². The Hall–Kier alpha value is -2.90. The smallest absolute Gasteiger partial charge is 0.344 e. The van der Waals surface area contributed by atoms with Crippen molar-refractivity contribution >= 4 is 17.7 Å². The molecule has 0 aliphatic carbocycles. The summed E-state index contributed by atoms with van der Waals surface area (Å²) < 4.78 is 27.4. The normalized spacial score (nSPS) is 10.1. The monoisotopic (exact) mass is 308 g/mol. The van der Waals surface area contributed by atoms with Gasteiger partial charge in [0, 0.05) is 12.1 Å². The molecule has 2 rings (SSSR count). The minimum absolute atomic E-state index is 0.194. The number of rotatable bonds is 6. The lowest BCUT2D eigenvalue weighted by atomic mass is 10.3. The average Bonchev–Trinajstić information content (AvgIpc) is 2.88. The number of carbonyl (C=O) groups excluding carboxylic acids is 2. The van der Waals surface area contributed by atoms with Gasteiger partial charge in [-0.25, -0.2) is 9.18 Å². The number of nitrogens with zero attached hydrogens (tertiary/aromatic N) is 1. The lowest BCUT2D eigenvalue weighted by Gasteiger charge is -2.06. The number of aryl methyl sites for hydroxylation is 1. The van der Waals surface area contributed by atoms with Gasteiger partial charge < -0.3 is 19.3 Å². The zero-order chi connectivity index (χ0) is 15.9. The first-order chi connectivity index (χ1) is 10.5. The van der Waals surface area contributed by atoms with Crippen LogP contribution in [0.5, 0.6) is 5.75 Å². The number of hydrogen-bond donors (Lipinski definition) is 1. The zero-order valence-corrected chi connectivity index (χ0v) is 11.7. The Morgan fingerprint density at radius 2 is 2.14 bits per heavy atom. The third-order valence-corrected chi connectivity index (χ3v) is 2.41. The molecule has 8 heteroatoms. The molecule has 0 saturated carbocycles. The van der Waals surface area contributed by atoms with Gasteiger partial charge >= 0.3 is 5.97 Å². The van der Waals surface area contributed by atoms with E-state index < -0.39 is 30.9 Å². The van der Waals surface area contributed by atoms with E-state index in [1.807, 2.05) is 0 Å². The molecule has 1 aromatic carbocycles. The van der Waals surface area contributed by atoms with Crippen LogP contribution in [0.4, 0.5) is 10.2 Å². The van der Waals surface area contributed by atoms with E-state index in [0.29, 0.717) is 5.76 Å². The van der Waals surface area contributed by atoms with Crippen molar-refractivity contribution in [1.29, 1.82) is 0 Å². The molecular weight excluding hydrogens is 295 g/mol. The Kier molecular flexibility index (Phi) is 5.07. The standard InChI is InChI=1S/C14H13FN2O5/c1-9-5-12(17-22-9)16-13(18)7-21-14(19)8-20-11-4-2-3-10(15)6-11/h2-6H,7-8H2,1H3,(H,16,17,18). The van der Waals surface area contributed by atoms with E-state index in [2.05, 4.69) is 10.5 Å². The first-order valence-electron chi connectivity index (χ1n) is 6.30. The molecule has 0 aliphatic heterocycles. The van der Waals surface area contributed by atoms with Crippen LogP contribution in [0.25, 0.3) is 0 Å². The van der Waals surface area contributed by atoms with Gasteiger partial charge in [0.25, 0.3) is 5.91 Å². The van der Waals surface area contributed by atoms with Gasteiger partial charge in [-0.05, 0) is 19.1 Å². The largest absolute Gasteiger partial charge is 0.482 e. The van der Waals surface area contributed by atoms with Crippen molar-refractivity contribution in [2.24, 2.45) is 0 Å². The maximum absolute atomic E-state index is 12.9. The van der Waals surface area contributed by atoms with Gasteiger partial charge in [0.15, 0.2) is 19.0 Å². The number of halogens is 1. The highest BCUT2D eigenvalue weighted by Gasteiger charge is 2.10. The molecule has 1 aromatic heterocycles. The molecule has 1 N–H and O–H groups in total. The number of esters is 1. The van der Waals surface area contributed by atoms with Crippen LogP contribution < -0.4 is 10.1 Å². The molecule has 0 spiro atoms. The Labute approximate surface area is 125 Å². The summed E-state index contributed by atoms with van der Waals surface area (Å²) >= 11 is 0. The summed E-state index contributed by atoms with van der Waals surface area (Å²) in [7, 11) is 0. The topological polar surface area (TPSA) is 90.7 Å². The van der Waals surface area contributed by atoms with Crippen LogP contribution in [0, 0.1) is 12.7 Å². The summed E-state index contributed by atoms with van der Waals surface area (Å²) in [6, 6.07) is 6.85. The van der Waals surface area contributed by atoms with E-state index in [1.165, 1.54) is 24.3 Å². The van der Waals surface area contributed by atoms with E-state index in [4.69, 9.17) is 14.0 Å². The van der Waals surface area contributed by atoms with Crippen LogP contribution >= 0.6 is 0 Å². The predicted octanol–water partition coefficient (Wildman–Crippen LogP) is 1.68. The second kappa shape index (κ2) is 7.21. The highest BCUT2D eigenvalue weighted by molar-refractivity contribution is 5.91. The van der Waals surface area contributed by atoms with Crippen LogP contribution in [0.3, 0.4) is 0 Å². The van der Waals surface area contributed by atoms with Crippen LogP contribution in [0.2, 0.25) is 0 Å². The maximum atomic E-state index is 12.9. The number of nitrogens with one attached hydrogen (secondary N) is 1. The van der Waals surface area contributed by atoms with E-state index >= 15 is 0 Å². The van der Waals surface area contributed by atoms with E-state index in [-0.39, 0.29) is 11.6 Å². The molecule has 0 aliphatic rings. The fourth-order valence-corrected chi connectivity index (χ4v) is 1.49. The first kappa shape index (κ1) is 15.5. The van der Waals surface area contributed by atoms with Crippen molar-refractivity contribution in [3.63, 3.8) is 0 Å². The molecule has 0 saturated heterocycles. The minimum atomic E-state index is -0.754. The fraction of sp³-hybridized carbons (Fsp3) is 0.214. The molecule has 2 aromatic rings. The fourth-order valence-electron chi connectivity index (χ4n) is 1.49. The van der Waals surface area contributed by atoms with Gasteiger partial charge in [0.05, 0.1) is 0 Å². The molecule has 0 fully saturated rings. The lowest BCUT2D eigenvalue weighted by molar-refractivity contribution is -0.149. The van der Waals surface area contributed by atoms with Crippen molar-refractivity contribution in [3.05, 3.63) is 41.9 Å². The van der Waals surface area contributed by atoms with Crippen molar-refractivity contribution in [3.8, 4) is 5.75 Å². The van der Waals surface area contributed by atoms with Gasteiger partial charge in [0.1, 0.15) is 17.3 Å². The third kappa shape index (κ3) is 4.89. The molecule has 116 valence electrons. The van der Waals surface area contributed by atoms with Crippen molar-refractivity contribution in [2.45, 2.75) is 6.92 Å². The molecule has 0 unspecified atom stereocenters. The summed E-state index contributed by atoms with van der Waals surface area (Å²) in [5.74, 6) is -0.832. The molecule has 0 radical (unpaired) electrons. The number of ether oxygens (including phenoxy) is 2. The van der Waals surface area contributed by atoms with Gasteiger partial charge in [-0.1, -0.05) is 11.2 Å². The molecule has 7 nitrogen and oxygen atoms in total. The van der Waals surface area contributed by atoms with Gasteiger partial charge in [-0.2, -0.15) is 0 Å². The summed E-state index contributed by atoms with van der Waals surface area (Å²) in [5.41, 5.74) is 0. The van der Waals surface area contributed by atoms with Gasteiger partial charge in [0.2, 0.25) is 0 Å². The first-order valence-corrected chi connectivity index (χ1v) is 6.30. The Morgan fingerprint density at radius 1 is 1.32 bits per heavy atom. The van der Waals surface area contributed by atoms with Crippen molar-refractivity contribution in [2.75, 3.05) is 18.5 Å². The summed E-state index contributed by atoms with van der Waals surface area (Å²) in [6.45, 7) is 0.753. The summed E-state index contributed by atoms with van der Waals surface area (Å²) in [4.78, 5) is 22.9. The second-order valence-corrected chi connectivity index (χ2v) is 4.28. The minimum Gasteiger partial charge on any atom is -0.482 e. The Bertz CT molecular complexity index is 671. The third-order valence-electron chi connectivity index (χ3n) is 2.41. The van der Waals surface area contributed by atoms with E-state index in [1.54, 1.807) is 6.92 Å². The number of anilines is 1. The molecular formula is C14H13FN2O5. The molecule has 1 amide bonds. The maximum Gasteiger partial charge on any atom is 0.344 e. The van der Waals surface area contributed by atoms with Crippen LogP contribution in [0.1, 0.15) is 5.76 Å². The van der Waals surface area contributed by atoms with E-state index in [0.717, 1.165) is 6.07 Å². The van der Waals surface area contributed by atoms with Crippen LogP contribution in [-0.4, -0.2) is 30.2 Å². The van der Waals surface area contributed by atoms with Crippen LogP contribution in [-0.2, 0) is 14.3 Å². The lowest BCUT2D eigenvalue weighted by Crippen LogP contribution is -2.23. The highest BCUT2D eigenvalue weighted by atomic mass is 19.1. The van der Waals surface area contributed by atoms with E-state index in [9.17, 15) is 14.0 Å². The van der Waals surface area contributed by atoms with Gasteiger partial charge in [-0.3, -0.25) is 4.79 Å². The number of amides is 1. The number of aromatic nitrogens is 1. The molecule has 0 atom stereocenters. The number of benzene rings is 1. The molecule has 1 heterocycles. The number of carbonyl (C=O) groups is 2. The second-order valence-electron chi connectivity index (χ2n) is 4.28. The van der Waals surface area contributed by atoms with Crippen molar-refractivity contribution in [1.82, 2.24) is 5.16 Å². The Morgan fingerprint density at radius 3 is 2.82 bits per heavy atom. The SMILES string of the molecule is Cc1cc(NC(=O)COC(=O)COc2cccc(F)c2)no1. The summed E-state index contributed by atoms with van der Waals surface area (Å²) in [5, 5.41) is 5.95. The summed E-state index contributed by atoms with van der Waals surface area (Å²) in [6.07, 6.45) is 0. The number of hydrogen-bond acceptors (Lipinski definition) is 6. The quantitative estimate of drug-likeness (QED) is 0.817. The zero-order valence-electron chi connectivity index (χ0n) is 11.7. The average molecular weight is 308 g/mol. The predicted molar refractivity (Wildman–Crippen MR) is 72.7 cm³/mol.